The van der Waals surface area contributed by atoms with Crippen LogP contribution in [-0.2, 0) is 10.0 Å². The third-order valence-corrected chi connectivity index (χ3v) is 6.93. The Hall–Kier alpha value is -3.38. The summed E-state index contributed by atoms with van der Waals surface area (Å²) in [5, 5.41) is 3.52. The summed E-state index contributed by atoms with van der Waals surface area (Å²) in [4.78, 5) is 13.4. The Bertz CT molecular complexity index is 1340. The molecule has 0 aliphatic heterocycles. The van der Waals surface area contributed by atoms with E-state index < -0.39 is 10.0 Å². The predicted octanol–water partition coefficient (Wildman–Crippen LogP) is 4.99. The van der Waals surface area contributed by atoms with Crippen LogP contribution < -0.4 is 5.32 Å². The fraction of sp³-hybridized carbons (Fsp3) is 0.160. The Kier molecular flexibility index (Phi) is 5.65. The molecule has 0 aliphatic carbocycles. The normalized spacial score (nSPS) is 11.5. The maximum Gasteiger partial charge on any atom is 0.268 e. The van der Waals surface area contributed by atoms with Crippen molar-refractivity contribution in [2.75, 3.05) is 6.54 Å². The van der Waals surface area contributed by atoms with E-state index in [9.17, 15) is 13.2 Å². The first kappa shape index (κ1) is 20.9. The summed E-state index contributed by atoms with van der Waals surface area (Å²) >= 11 is 0. The van der Waals surface area contributed by atoms with E-state index in [0.29, 0.717) is 34.3 Å². The molecule has 1 heterocycles. The van der Waals surface area contributed by atoms with Crippen LogP contribution in [0.1, 0.15) is 29.3 Å². The van der Waals surface area contributed by atoms with E-state index in [1.54, 1.807) is 42.5 Å². The van der Waals surface area contributed by atoms with Gasteiger partial charge in [-0.15, -0.1) is 0 Å². The van der Waals surface area contributed by atoms with Crippen LogP contribution in [0.2, 0.25) is 0 Å². The number of para-hydroxylation sites is 1. The van der Waals surface area contributed by atoms with Crippen molar-refractivity contribution in [1.29, 1.82) is 0 Å². The molecule has 0 fully saturated rings. The van der Waals surface area contributed by atoms with Gasteiger partial charge < -0.3 is 5.32 Å². The van der Waals surface area contributed by atoms with Crippen LogP contribution in [0.15, 0.2) is 83.8 Å². The highest BCUT2D eigenvalue weighted by atomic mass is 32.2. The molecule has 0 saturated carbocycles. The maximum absolute atomic E-state index is 13.8. The first-order chi connectivity index (χ1) is 14.9. The molecule has 0 spiro atoms. The molecule has 0 saturated heterocycles. The monoisotopic (exact) mass is 432 g/mol. The molecule has 0 aliphatic rings. The first-order valence-electron chi connectivity index (χ1n) is 10.2. The zero-order chi connectivity index (χ0) is 22.0. The van der Waals surface area contributed by atoms with Gasteiger partial charge in [-0.05, 0) is 31.5 Å². The fourth-order valence-electron chi connectivity index (χ4n) is 3.69. The van der Waals surface area contributed by atoms with E-state index >= 15 is 0 Å². The van der Waals surface area contributed by atoms with E-state index in [1.807, 2.05) is 50.2 Å². The molecule has 158 valence electrons. The molecular formula is C25H24N2O3S. The van der Waals surface area contributed by atoms with Crippen LogP contribution in [0.3, 0.4) is 0 Å². The van der Waals surface area contributed by atoms with E-state index in [-0.39, 0.29) is 10.8 Å². The molecule has 6 heteroatoms. The van der Waals surface area contributed by atoms with Gasteiger partial charge in [0.15, 0.2) is 0 Å². The molecule has 4 aromatic rings. The second-order valence-electron chi connectivity index (χ2n) is 7.45. The van der Waals surface area contributed by atoms with E-state index in [0.717, 1.165) is 12.0 Å². The maximum atomic E-state index is 13.8. The first-order valence-corrected chi connectivity index (χ1v) is 11.7. The molecule has 0 atom stereocenters. The third-order valence-electron chi connectivity index (χ3n) is 5.20. The van der Waals surface area contributed by atoms with Gasteiger partial charge in [-0.2, -0.15) is 0 Å². The molecule has 5 nitrogen and oxygen atoms in total. The number of fused-ring (bicyclic) bond motifs is 1. The van der Waals surface area contributed by atoms with Crippen LogP contribution in [0, 0.1) is 6.92 Å². The number of aryl methyl sites for hydroxylation is 1. The molecule has 0 bridgehead atoms. The second kappa shape index (κ2) is 8.40. The van der Waals surface area contributed by atoms with Crippen molar-refractivity contribution in [2.45, 2.75) is 25.2 Å². The molecule has 0 radical (unpaired) electrons. The van der Waals surface area contributed by atoms with E-state index in [4.69, 9.17) is 0 Å². The lowest BCUT2D eigenvalue weighted by Crippen LogP contribution is -2.25. The SMILES string of the molecule is CCCNC(=O)c1c(-c2ccccc2)n(S(=O)(=O)c2ccc(C)cc2)c2ccccc12. The van der Waals surface area contributed by atoms with Gasteiger partial charge in [0.05, 0.1) is 21.7 Å². The number of hydrogen-bond donors (Lipinski definition) is 1. The van der Waals surface area contributed by atoms with E-state index in [2.05, 4.69) is 5.32 Å². The molecule has 1 N–H and O–H groups in total. The molecule has 0 unspecified atom stereocenters. The third kappa shape index (κ3) is 3.75. The summed E-state index contributed by atoms with van der Waals surface area (Å²) in [6.45, 7) is 4.40. The van der Waals surface area contributed by atoms with Gasteiger partial charge in [-0.25, -0.2) is 12.4 Å². The number of carbonyl (C=O) groups excluding carboxylic acids is 1. The predicted molar refractivity (Wildman–Crippen MR) is 124 cm³/mol. The van der Waals surface area contributed by atoms with Gasteiger partial charge in [-0.1, -0.05) is 73.2 Å². The smallest absolute Gasteiger partial charge is 0.268 e. The number of hydrogen-bond acceptors (Lipinski definition) is 3. The van der Waals surface area contributed by atoms with Crippen molar-refractivity contribution in [3.8, 4) is 11.3 Å². The Labute approximate surface area is 182 Å². The lowest BCUT2D eigenvalue weighted by Gasteiger charge is -2.14. The van der Waals surface area contributed by atoms with Crippen LogP contribution in [-0.4, -0.2) is 24.8 Å². The minimum Gasteiger partial charge on any atom is -0.352 e. The highest BCUT2D eigenvalue weighted by Crippen LogP contribution is 2.37. The van der Waals surface area contributed by atoms with E-state index in [1.165, 1.54) is 3.97 Å². The van der Waals surface area contributed by atoms with Crippen molar-refractivity contribution < 1.29 is 13.2 Å². The minimum atomic E-state index is -3.96. The summed E-state index contributed by atoms with van der Waals surface area (Å²) < 4.78 is 29.0. The quantitative estimate of drug-likeness (QED) is 0.467. The van der Waals surface area contributed by atoms with Crippen molar-refractivity contribution in [1.82, 2.24) is 9.29 Å². The number of carbonyl (C=O) groups is 1. The summed E-state index contributed by atoms with van der Waals surface area (Å²) in [6.07, 6.45) is 0.784. The fourth-order valence-corrected chi connectivity index (χ4v) is 5.24. The summed E-state index contributed by atoms with van der Waals surface area (Å²) in [5.41, 5.74) is 2.85. The van der Waals surface area contributed by atoms with Gasteiger partial charge >= 0.3 is 0 Å². The molecule has 3 aromatic carbocycles. The Morgan fingerprint density at radius 3 is 2.23 bits per heavy atom. The average molecular weight is 433 g/mol. The molecule has 31 heavy (non-hydrogen) atoms. The summed E-state index contributed by atoms with van der Waals surface area (Å²) in [7, 11) is -3.96. The Morgan fingerprint density at radius 1 is 0.903 bits per heavy atom. The number of rotatable bonds is 6. The van der Waals surface area contributed by atoms with Crippen molar-refractivity contribution in [3.05, 3.63) is 90.0 Å². The van der Waals surface area contributed by atoms with Gasteiger partial charge in [0.2, 0.25) is 0 Å². The van der Waals surface area contributed by atoms with Crippen LogP contribution in [0.4, 0.5) is 0 Å². The van der Waals surface area contributed by atoms with Crippen molar-refractivity contribution in [2.24, 2.45) is 0 Å². The Balaban J connectivity index is 2.10. The number of benzene rings is 3. The van der Waals surface area contributed by atoms with Gasteiger partial charge in [0.1, 0.15) is 0 Å². The van der Waals surface area contributed by atoms with Gasteiger partial charge in [0.25, 0.3) is 15.9 Å². The average Bonchev–Trinajstić information content (AvgIpc) is 3.14. The lowest BCUT2D eigenvalue weighted by atomic mass is 10.0. The largest absolute Gasteiger partial charge is 0.352 e. The standard InChI is InChI=1S/C25H24N2O3S/c1-3-17-26-25(28)23-21-11-7-8-12-22(21)27(24(23)19-9-5-4-6-10-19)31(29,30)20-15-13-18(2)14-16-20/h4-16H,3,17H2,1-2H3,(H,26,28). The molecule has 1 amide bonds. The molecule has 1 aromatic heterocycles. The summed E-state index contributed by atoms with van der Waals surface area (Å²) in [5.74, 6) is -0.283. The highest BCUT2D eigenvalue weighted by molar-refractivity contribution is 7.90. The topological polar surface area (TPSA) is 68.2 Å². The highest BCUT2D eigenvalue weighted by Gasteiger charge is 2.30. The minimum absolute atomic E-state index is 0.177. The number of aromatic nitrogens is 1. The number of nitrogens with one attached hydrogen (secondary N) is 1. The second-order valence-corrected chi connectivity index (χ2v) is 9.23. The van der Waals surface area contributed by atoms with Crippen molar-refractivity contribution in [3.63, 3.8) is 0 Å². The zero-order valence-corrected chi connectivity index (χ0v) is 18.3. The number of amides is 1. The lowest BCUT2D eigenvalue weighted by molar-refractivity contribution is 0.0956. The van der Waals surface area contributed by atoms with Crippen LogP contribution in [0.25, 0.3) is 22.2 Å². The van der Waals surface area contributed by atoms with Gasteiger partial charge in [-0.3, -0.25) is 4.79 Å². The van der Waals surface area contributed by atoms with Crippen molar-refractivity contribution >= 4 is 26.8 Å². The molecule has 4 rings (SSSR count). The zero-order valence-electron chi connectivity index (χ0n) is 17.5. The van der Waals surface area contributed by atoms with Crippen LogP contribution >= 0.6 is 0 Å². The molecular weight excluding hydrogens is 408 g/mol. The summed E-state index contributed by atoms with van der Waals surface area (Å²) in [6, 6.07) is 23.1. The number of nitrogens with zero attached hydrogens (tertiary/aromatic N) is 1. The Morgan fingerprint density at radius 2 is 1.55 bits per heavy atom. The van der Waals surface area contributed by atoms with Crippen LogP contribution in [0.5, 0.6) is 0 Å². The van der Waals surface area contributed by atoms with Gasteiger partial charge in [0, 0.05) is 17.5 Å².